The zero-order valence-electron chi connectivity index (χ0n) is 14.0. The van der Waals surface area contributed by atoms with Crippen LogP contribution >= 0.6 is 12.4 Å². The van der Waals surface area contributed by atoms with E-state index in [-0.39, 0.29) is 24.2 Å². The van der Waals surface area contributed by atoms with Gasteiger partial charge in [0.25, 0.3) is 0 Å². The zero-order valence-corrected chi connectivity index (χ0v) is 14.8. The number of carbonyl (C=O) groups excluding carboxylic acids is 1. The molecule has 1 aromatic rings. The predicted molar refractivity (Wildman–Crippen MR) is 97.8 cm³/mol. The standard InChI is InChI=1S/C19H28N2O.ClH/c1-2-6-13-7-3-4-10-17(13)21-19(22)16-11-14-8-5-9-15(12-16)18(14)20;/h3-4,7,10,14-16,18H,2,5-6,8-9,11-12,20H2,1H3,(H,21,22);1H. The van der Waals surface area contributed by atoms with E-state index in [9.17, 15) is 4.79 Å². The van der Waals surface area contributed by atoms with Gasteiger partial charge < -0.3 is 11.1 Å². The van der Waals surface area contributed by atoms with Crippen LogP contribution in [0.1, 0.15) is 51.0 Å². The quantitative estimate of drug-likeness (QED) is 0.867. The van der Waals surface area contributed by atoms with Crippen LogP contribution in [0.15, 0.2) is 24.3 Å². The molecule has 23 heavy (non-hydrogen) atoms. The van der Waals surface area contributed by atoms with Crippen molar-refractivity contribution in [3.05, 3.63) is 29.8 Å². The fraction of sp³-hybridized carbons (Fsp3) is 0.632. The van der Waals surface area contributed by atoms with E-state index >= 15 is 0 Å². The second kappa shape index (κ2) is 8.16. The second-order valence-corrected chi connectivity index (χ2v) is 7.09. The maximum atomic E-state index is 12.7. The van der Waals surface area contributed by atoms with Gasteiger partial charge in [-0.25, -0.2) is 0 Å². The van der Waals surface area contributed by atoms with E-state index in [2.05, 4.69) is 18.3 Å². The lowest BCUT2D eigenvalue weighted by molar-refractivity contribution is -0.122. The van der Waals surface area contributed by atoms with Crippen LogP contribution < -0.4 is 11.1 Å². The molecule has 0 aliphatic heterocycles. The summed E-state index contributed by atoms with van der Waals surface area (Å²) in [6.07, 6.45) is 7.74. The lowest BCUT2D eigenvalue weighted by Crippen LogP contribution is -2.48. The first-order valence-electron chi connectivity index (χ1n) is 8.83. The summed E-state index contributed by atoms with van der Waals surface area (Å²) in [5.41, 5.74) is 8.57. The number of nitrogens with two attached hydrogens (primary N) is 1. The third kappa shape index (κ3) is 4.07. The van der Waals surface area contributed by atoms with Gasteiger partial charge in [-0.3, -0.25) is 4.79 Å². The second-order valence-electron chi connectivity index (χ2n) is 7.09. The first kappa shape index (κ1) is 18.3. The molecule has 0 spiro atoms. The molecule has 2 aliphatic rings. The third-order valence-corrected chi connectivity index (χ3v) is 5.58. The molecule has 2 unspecified atom stereocenters. The molecule has 0 saturated heterocycles. The molecule has 2 fully saturated rings. The summed E-state index contributed by atoms with van der Waals surface area (Å²) in [6, 6.07) is 8.51. The van der Waals surface area contributed by atoms with Crippen molar-refractivity contribution < 1.29 is 4.79 Å². The minimum absolute atomic E-state index is 0. The summed E-state index contributed by atoms with van der Waals surface area (Å²) in [5.74, 6) is 1.44. The molecule has 0 heterocycles. The Labute approximate surface area is 145 Å². The Hall–Kier alpha value is -1.06. The normalized spacial score (nSPS) is 29.5. The minimum Gasteiger partial charge on any atom is -0.327 e. The Morgan fingerprint density at radius 1 is 1.22 bits per heavy atom. The van der Waals surface area contributed by atoms with Gasteiger partial charge in [0.1, 0.15) is 0 Å². The van der Waals surface area contributed by atoms with E-state index in [1.807, 2.05) is 18.2 Å². The zero-order chi connectivity index (χ0) is 15.5. The van der Waals surface area contributed by atoms with Crippen LogP contribution in [0.4, 0.5) is 5.69 Å². The number of carbonyl (C=O) groups is 1. The summed E-state index contributed by atoms with van der Waals surface area (Å²) < 4.78 is 0. The molecular weight excluding hydrogens is 308 g/mol. The Balaban J connectivity index is 0.00000192. The fourth-order valence-corrected chi connectivity index (χ4v) is 4.37. The summed E-state index contributed by atoms with van der Waals surface area (Å²) in [6.45, 7) is 2.17. The largest absolute Gasteiger partial charge is 0.327 e. The molecule has 4 heteroatoms. The van der Waals surface area contributed by atoms with Crippen LogP contribution in [0.2, 0.25) is 0 Å². The van der Waals surface area contributed by atoms with Gasteiger partial charge in [-0.2, -0.15) is 0 Å². The maximum absolute atomic E-state index is 12.7. The number of anilines is 1. The molecule has 3 nitrogen and oxygen atoms in total. The number of nitrogens with one attached hydrogen (secondary N) is 1. The van der Waals surface area contributed by atoms with Crippen molar-refractivity contribution in [3.63, 3.8) is 0 Å². The highest BCUT2D eigenvalue weighted by Crippen LogP contribution is 2.42. The fourth-order valence-electron chi connectivity index (χ4n) is 4.37. The number of halogens is 1. The van der Waals surface area contributed by atoms with Crippen molar-refractivity contribution in [1.82, 2.24) is 0 Å². The van der Waals surface area contributed by atoms with Gasteiger partial charge in [0, 0.05) is 17.6 Å². The highest BCUT2D eigenvalue weighted by molar-refractivity contribution is 5.93. The topological polar surface area (TPSA) is 55.1 Å². The van der Waals surface area contributed by atoms with E-state index in [0.717, 1.165) is 31.4 Å². The number of fused-ring (bicyclic) bond motifs is 2. The number of para-hydroxylation sites is 1. The molecule has 0 aromatic heterocycles. The van der Waals surface area contributed by atoms with Gasteiger partial charge in [0.05, 0.1) is 0 Å². The molecular formula is C19H29ClN2O. The molecule has 2 atom stereocenters. The van der Waals surface area contributed by atoms with Crippen molar-refractivity contribution in [2.45, 2.75) is 57.9 Å². The van der Waals surface area contributed by atoms with Crippen molar-refractivity contribution in [2.75, 3.05) is 5.32 Å². The summed E-state index contributed by atoms with van der Waals surface area (Å²) in [5, 5.41) is 3.19. The summed E-state index contributed by atoms with van der Waals surface area (Å²) >= 11 is 0. The van der Waals surface area contributed by atoms with Crippen LogP contribution in [-0.4, -0.2) is 11.9 Å². The first-order chi connectivity index (χ1) is 10.7. The molecule has 128 valence electrons. The molecule has 1 amide bonds. The maximum Gasteiger partial charge on any atom is 0.227 e. The van der Waals surface area contributed by atoms with Crippen LogP contribution in [0.5, 0.6) is 0 Å². The van der Waals surface area contributed by atoms with Crippen LogP contribution in [0.3, 0.4) is 0 Å². The smallest absolute Gasteiger partial charge is 0.227 e. The minimum atomic E-state index is 0. The SMILES string of the molecule is CCCc1ccccc1NC(=O)C1CC2CCCC(C1)C2N.Cl. The molecule has 0 radical (unpaired) electrons. The highest BCUT2D eigenvalue weighted by Gasteiger charge is 2.40. The highest BCUT2D eigenvalue weighted by atomic mass is 35.5. The molecule has 2 saturated carbocycles. The van der Waals surface area contributed by atoms with Gasteiger partial charge in [-0.1, -0.05) is 38.0 Å². The number of amides is 1. The van der Waals surface area contributed by atoms with E-state index in [4.69, 9.17) is 5.73 Å². The molecule has 2 aliphatic carbocycles. The van der Waals surface area contributed by atoms with E-state index in [1.54, 1.807) is 0 Å². The lowest BCUT2D eigenvalue weighted by Gasteiger charge is -2.43. The Kier molecular flexibility index (Phi) is 6.49. The molecule has 3 rings (SSSR count). The number of benzene rings is 1. The van der Waals surface area contributed by atoms with E-state index in [1.165, 1.54) is 24.8 Å². The Bertz CT molecular complexity index is 520. The number of aryl methyl sites for hydroxylation is 1. The van der Waals surface area contributed by atoms with Gasteiger partial charge in [-0.05, 0) is 55.6 Å². The van der Waals surface area contributed by atoms with Crippen LogP contribution in [-0.2, 0) is 11.2 Å². The molecule has 1 aromatic carbocycles. The first-order valence-corrected chi connectivity index (χ1v) is 8.83. The summed E-state index contributed by atoms with van der Waals surface area (Å²) in [4.78, 5) is 12.7. The monoisotopic (exact) mass is 336 g/mol. The lowest BCUT2D eigenvalue weighted by atomic mass is 9.65. The van der Waals surface area contributed by atoms with Crippen molar-refractivity contribution >= 4 is 24.0 Å². The molecule has 2 bridgehead atoms. The van der Waals surface area contributed by atoms with Crippen molar-refractivity contribution in [1.29, 1.82) is 0 Å². The number of hydrogen-bond acceptors (Lipinski definition) is 2. The van der Waals surface area contributed by atoms with E-state index in [0.29, 0.717) is 17.9 Å². The Morgan fingerprint density at radius 2 is 1.87 bits per heavy atom. The van der Waals surface area contributed by atoms with Gasteiger partial charge in [-0.15, -0.1) is 12.4 Å². The average molecular weight is 337 g/mol. The van der Waals surface area contributed by atoms with E-state index < -0.39 is 0 Å². The van der Waals surface area contributed by atoms with Crippen molar-refractivity contribution in [2.24, 2.45) is 23.5 Å². The van der Waals surface area contributed by atoms with Gasteiger partial charge >= 0.3 is 0 Å². The number of rotatable bonds is 4. The van der Waals surface area contributed by atoms with Crippen LogP contribution in [0, 0.1) is 17.8 Å². The van der Waals surface area contributed by atoms with Crippen molar-refractivity contribution in [3.8, 4) is 0 Å². The van der Waals surface area contributed by atoms with Gasteiger partial charge in [0.15, 0.2) is 0 Å². The average Bonchev–Trinajstić information content (AvgIpc) is 2.49. The predicted octanol–water partition coefficient (Wildman–Crippen LogP) is 4.15. The molecule has 3 N–H and O–H groups in total. The van der Waals surface area contributed by atoms with Crippen LogP contribution in [0.25, 0.3) is 0 Å². The summed E-state index contributed by atoms with van der Waals surface area (Å²) in [7, 11) is 0. The number of hydrogen-bond donors (Lipinski definition) is 2. The third-order valence-electron chi connectivity index (χ3n) is 5.58. The Morgan fingerprint density at radius 3 is 2.52 bits per heavy atom. The van der Waals surface area contributed by atoms with Gasteiger partial charge in [0.2, 0.25) is 5.91 Å².